The second-order valence-electron chi connectivity index (χ2n) is 8.72. The van der Waals surface area contributed by atoms with E-state index in [4.69, 9.17) is 0 Å². The maximum absolute atomic E-state index is 13.1. The van der Waals surface area contributed by atoms with E-state index in [9.17, 15) is 29.2 Å². The van der Waals surface area contributed by atoms with Gasteiger partial charge < -0.3 is 10.6 Å². The molecule has 180 valence electrons. The molecule has 0 aliphatic carbocycles. The first kappa shape index (κ1) is 25.8. The number of urea groups is 1. The molecule has 2 rings (SSSR count). The molecule has 1 aromatic carbocycles. The predicted molar refractivity (Wildman–Crippen MR) is 117 cm³/mol. The number of imide groups is 1. The number of hydrogen-bond donors (Lipinski definition) is 5. The van der Waals surface area contributed by atoms with Crippen molar-refractivity contribution in [2.45, 2.75) is 40.2 Å². The number of benzene rings is 1. The normalized spacial score (nSPS) is 17.5. The Kier molecular flexibility index (Phi) is 8.92. The fourth-order valence-electron chi connectivity index (χ4n) is 3.61. The monoisotopic (exact) mass is 461 g/mol. The fraction of sp³-hybridized carbons (Fsp3) is 0.500. The first-order chi connectivity index (χ1) is 15.6. The number of rotatable bonds is 10. The summed E-state index contributed by atoms with van der Waals surface area (Å²) in [4.78, 5) is 62.7. The number of amides is 6. The Labute approximate surface area is 192 Å². The highest BCUT2D eigenvalue weighted by molar-refractivity contribution is 6.05. The van der Waals surface area contributed by atoms with E-state index in [0.29, 0.717) is 10.6 Å². The summed E-state index contributed by atoms with van der Waals surface area (Å²) in [6.07, 6.45) is 0.197. The van der Waals surface area contributed by atoms with E-state index in [0.717, 1.165) is 0 Å². The van der Waals surface area contributed by atoms with Crippen LogP contribution in [0.4, 0.5) is 4.79 Å². The van der Waals surface area contributed by atoms with Crippen LogP contribution >= 0.6 is 0 Å². The second kappa shape index (κ2) is 11.4. The molecule has 1 aliphatic rings. The van der Waals surface area contributed by atoms with Crippen LogP contribution in [0.3, 0.4) is 0 Å². The molecule has 3 atom stereocenters. The van der Waals surface area contributed by atoms with Crippen molar-refractivity contribution >= 4 is 29.7 Å². The number of hydroxylamine groups is 1. The SMILES string of the molecule is CC(C)CC(C(=O)NN1C(=O)NC(C(C)C)C1=O)[C@H](CNC(=O)c1ccccc1)C(=O)NO. The maximum Gasteiger partial charge on any atom is 0.344 e. The van der Waals surface area contributed by atoms with Crippen molar-refractivity contribution in [1.29, 1.82) is 0 Å². The third kappa shape index (κ3) is 6.51. The molecule has 1 fully saturated rings. The molecule has 1 heterocycles. The number of nitrogens with zero attached hydrogens (tertiary/aromatic N) is 1. The third-order valence-corrected chi connectivity index (χ3v) is 5.37. The quantitative estimate of drug-likeness (QED) is 0.197. The maximum atomic E-state index is 13.1. The van der Waals surface area contributed by atoms with Crippen molar-refractivity contribution in [3.8, 4) is 0 Å². The van der Waals surface area contributed by atoms with E-state index in [2.05, 4.69) is 16.1 Å². The largest absolute Gasteiger partial charge is 0.351 e. The minimum Gasteiger partial charge on any atom is -0.351 e. The lowest BCUT2D eigenvalue weighted by atomic mass is 9.84. The molecule has 0 aromatic heterocycles. The molecule has 11 heteroatoms. The standard InChI is InChI=1S/C22H31N5O6/c1-12(2)10-15(19(29)25-27-21(31)17(13(3)4)24-22(27)32)16(20(30)26-33)11-23-18(28)14-8-6-5-7-9-14/h5-9,12-13,15-17,33H,10-11H2,1-4H3,(H,23,28)(H,24,32)(H,25,29)(H,26,30)/t15?,16-,17?/m0/s1. The molecular formula is C22H31N5O6. The Morgan fingerprint density at radius 1 is 1.03 bits per heavy atom. The Hall–Kier alpha value is -3.47. The van der Waals surface area contributed by atoms with Crippen LogP contribution in [-0.4, -0.2) is 52.5 Å². The first-order valence-electron chi connectivity index (χ1n) is 10.8. The van der Waals surface area contributed by atoms with Gasteiger partial charge in [-0.15, -0.1) is 0 Å². The molecule has 1 aliphatic heterocycles. The van der Waals surface area contributed by atoms with Crippen molar-refractivity contribution in [3.05, 3.63) is 35.9 Å². The van der Waals surface area contributed by atoms with Crippen molar-refractivity contribution in [2.75, 3.05) is 6.54 Å². The molecule has 0 radical (unpaired) electrons. The topological polar surface area (TPSA) is 157 Å². The van der Waals surface area contributed by atoms with Gasteiger partial charge in [-0.3, -0.25) is 29.8 Å². The number of nitrogens with one attached hydrogen (secondary N) is 4. The van der Waals surface area contributed by atoms with Crippen LogP contribution in [0.2, 0.25) is 0 Å². The van der Waals surface area contributed by atoms with Gasteiger partial charge >= 0.3 is 6.03 Å². The van der Waals surface area contributed by atoms with E-state index in [-0.39, 0.29) is 24.8 Å². The van der Waals surface area contributed by atoms with Crippen molar-refractivity contribution in [1.82, 2.24) is 26.5 Å². The molecular weight excluding hydrogens is 430 g/mol. The first-order valence-corrected chi connectivity index (χ1v) is 10.8. The van der Waals surface area contributed by atoms with Crippen LogP contribution < -0.4 is 21.5 Å². The van der Waals surface area contributed by atoms with Crippen molar-refractivity contribution in [2.24, 2.45) is 23.7 Å². The van der Waals surface area contributed by atoms with Gasteiger partial charge in [0.15, 0.2) is 0 Å². The van der Waals surface area contributed by atoms with Crippen LogP contribution in [0.5, 0.6) is 0 Å². The predicted octanol–water partition coefficient (Wildman–Crippen LogP) is 0.808. The molecule has 0 bridgehead atoms. The molecule has 5 N–H and O–H groups in total. The van der Waals surface area contributed by atoms with E-state index >= 15 is 0 Å². The highest BCUT2D eigenvalue weighted by Gasteiger charge is 2.43. The summed E-state index contributed by atoms with van der Waals surface area (Å²) in [5.41, 5.74) is 4.21. The van der Waals surface area contributed by atoms with Gasteiger partial charge in [0.1, 0.15) is 6.04 Å². The van der Waals surface area contributed by atoms with Crippen LogP contribution in [0.15, 0.2) is 30.3 Å². The van der Waals surface area contributed by atoms with E-state index in [1.807, 2.05) is 13.8 Å². The van der Waals surface area contributed by atoms with E-state index < -0.39 is 47.5 Å². The average Bonchev–Trinajstić information content (AvgIpc) is 3.06. The smallest absolute Gasteiger partial charge is 0.344 e. The molecule has 6 amide bonds. The zero-order valence-electron chi connectivity index (χ0n) is 19.1. The lowest BCUT2D eigenvalue weighted by Gasteiger charge is -2.28. The Balaban J connectivity index is 2.21. The molecule has 11 nitrogen and oxygen atoms in total. The molecule has 2 unspecified atom stereocenters. The number of hydrazine groups is 1. The van der Waals surface area contributed by atoms with Gasteiger partial charge in [-0.2, -0.15) is 5.01 Å². The van der Waals surface area contributed by atoms with Gasteiger partial charge in [-0.05, 0) is 30.4 Å². The Bertz CT molecular complexity index is 889. The highest BCUT2D eigenvalue weighted by Crippen LogP contribution is 2.23. The van der Waals surface area contributed by atoms with Crippen LogP contribution in [0.25, 0.3) is 0 Å². The summed E-state index contributed by atoms with van der Waals surface area (Å²) in [6.45, 7) is 6.93. The Morgan fingerprint density at radius 2 is 1.67 bits per heavy atom. The summed E-state index contributed by atoms with van der Waals surface area (Å²) in [5.74, 6) is -5.13. The van der Waals surface area contributed by atoms with Gasteiger partial charge in [0.25, 0.3) is 11.8 Å². The minimum absolute atomic E-state index is 0.0499. The van der Waals surface area contributed by atoms with Crippen molar-refractivity contribution in [3.63, 3.8) is 0 Å². The summed E-state index contributed by atoms with van der Waals surface area (Å²) >= 11 is 0. The molecule has 0 spiro atoms. The lowest BCUT2D eigenvalue weighted by Crippen LogP contribution is -2.53. The summed E-state index contributed by atoms with van der Waals surface area (Å²) in [5, 5.41) is 15.0. The van der Waals surface area contributed by atoms with Gasteiger partial charge in [0.2, 0.25) is 11.8 Å². The zero-order valence-corrected chi connectivity index (χ0v) is 19.1. The molecule has 0 saturated carbocycles. The number of carbonyl (C=O) groups excluding carboxylic acids is 5. The van der Waals surface area contributed by atoms with Gasteiger partial charge in [0.05, 0.1) is 11.8 Å². The summed E-state index contributed by atoms with van der Waals surface area (Å²) in [6, 6.07) is 6.77. The fourth-order valence-corrected chi connectivity index (χ4v) is 3.61. The van der Waals surface area contributed by atoms with E-state index in [1.54, 1.807) is 49.7 Å². The van der Waals surface area contributed by atoms with Gasteiger partial charge in [0, 0.05) is 12.1 Å². The third-order valence-electron chi connectivity index (χ3n) is 5.37. The molecule has 33 heavy (non-hydrogen) atoms. The number of hydrogen-bond acceptors (Lipinski definition) is 6. The zero-order chi connectivity index (χ0) is 24.7. The highest BCUT2D eigenvalue weighted by atomic mass is 16.5. The van der Waals surface area contributed by atoms with Gasteiger partial charge in [-0.1, -0.05) is 45.9 Å². The Morgan fingerprint density at radius 3 is 2.18 bits per heavy atom. The van der Waals surface area contributed by atoms with Crippen LogP contribution in [-0.2, 0) is 14.4 Å². The second-order valence-corrected chi connectivity index (χ2v) is 8.72. The molecule has 1 saturated heterocycles. The van der Waals surface area contributed by atoms with E-state index in [1.165, 1.54) is 0 Å². The summed E-state index contributed by atoms with van der Waals surface area (Å²) < 4.78 is 0. The van der Waals surface area contributed by atoms with Crippen LogP contribution in [0, 0.1) is 23.7 Å². The van der Waals surface area contributed by atoms with Crippen LogP contribution in [0.1, 0.15) is 44.5 Å². The molecule has 1 aromatic rings. The lowest BCUT2D eigenvalue weighted by molar-refractivity contribution is -0.144. The minimum atomic E-state index is -1.16. The van der Waals surface area contributed by atoms with Gasteiger partial charge in [-0.25, -0.2) is 10.3 Å². The average molecular weight is 462 g/mol. The number of carbonyl (C=O) groups is 5. The summed E-state index contributed by atoms with van der Waals surface area (Å²) in [7, 11) is 0. The van der Waals surface area contributed by atoms with Crippen molar-refractivity contribution < 1.29 is 29.2 Å².